The van der Waals surface area contributed by atoms with Gasteiger partial charge in [0, 0.05) is 43.0 Å². The molecule has 0 atom stereocenters. The number of amides is 1. The molecule has 138 valence electrons. The van der Waals surface area contributed by atoms with Gasteiger partial charge in [-0.3, -0.25) is 4.79 Å². The van der Waals surface area contributed by atoms with Gasteiger partial charge < -0.3 is 15.1 Å². The van der Waals surface area contributed by atoms with Crippen LogP contribution in [0.5, 0.6) is 0 Å². The summed E-state index contributed by atoms with van der Waals surface area (Å²) in [6.07, 6.45) is 0. The van der Waals surface area contributed by atoms with Crippen LogP contribution in [-0.2, 0) is 0 Å². The molecule has 2 aromatic rings. The van der Waals surface area contributed by atoms with Gasteiger partial charge in [-0.15, -0.1) is 0 Å². The number of anilines is 2. The minimum atomic E-state index is -0.0451. The minimum Gasteiger partial charge on any atom is -0.340 e. The summed E-state index contributed by atoms with van der Waals surface area (Å²) in [6, 6.07) is 7.43. The van der Waals surface area contributed by atoms with E-state index in [9.17, 15) is 4.79 Å². The average Bonchev–Trinajstić information content (AvgIpc) is 2.64. The molecule has 2 heterocycles. The van der Waals surface area contributed by atoms with Crippen molar-refractivity contribution in [2.45, 2.75) is 20.8 Å². The Balaban J connectivity index is 1.76. The van der Waals surface area contributed by atoms with Crippen molar-refractivity contribution >= 4 is 29.0 Å². The van der Waals surface area contributed by atoms with Gasteiger partial charge in [-0.2, -0.15) is 0 Å². The molecule has 0 radical (unpaired) electrons. The van der Waals surface area contributed by atoms with Gasteiger partial charge in [0.25, 0.3) is 5.91 Å². The van der Waals surface area contributed by atoms with Gasteiger partial charge in [-0.25, -0.2) is 9.97 Å². The predicted octanol–water partition coefficient (Wildman–Crippen LogP) is 3.27. The lowest BCUT2D eigenvalue weighted by Crippen LogP contribution is -2.48. The topological polar surface area (TPSA) is 61.4 Å². The Kier molecular flexibility index (Phi) is 5.74. The van der Waals surface area contributed by atoms with Crippen molar-refractivity contribution in [3.8, 4) is 0 Å². The zero-order valence-electron chi connectivity index (χ0n) is 15.4. The minimum absolute atomic E-state index is 0.0451. The molecule has 1 aliphatic rings. The highest BCUT2D eigenvalue weighted by Gasteiger charge is 2.23. The number of carbonyl (C=O) groups excluding carboxylic acids is 1. The highest BCUT2D eigenvalue weighted by atomic mass is 35.5. The highest BCUT2D eigenvalue weighted by molar-refractivity contribution is 6.31. The average molecular weight is 374 g/mol. The van der Waals surface area contributed by atoms with Crippen molar-refractivity contribution < 1.29 is 4.79 Å². The van der Waals surface area contributed by atoms with E-state index in [0.717, 1.165) is 44.0 Å². The van der Waals surface area contributed by atoms with Crippen LogP contribution in [0.1, 0.15) is 28.8 Å². The number of aromatic nitrogens is 2. The molecule has 1 N–H and O–H groups in total. The van der Waals surface area contributed by atoms with E-state index in [1.807, 2.05) is 30.0 Å². The lowest BCUT2D eigenvalue weighted by Gasteiger charge is -2.33. The number of benzene rings is 1. The van der Waals surface area contributed by atoms with Crippen molar-refractivity contribution in [2.24, 2.45) is 0 Å². The number of piperazine rings is 1. The molecule has 1 saturated heterocycles. The molecule has 0 spiro atoms. The summed E-state index contributed by atoms with van der Waals surface area (Å²) in [5, 5.41) is 3.90. The van der Waals surface area contributed by atoms with Crippen LogP contribution in [0.25, 0.3) is 0 Å². The van der Waals surface area contributed by atoms with E-state index in [4.69, 9.17) is 11.6 Å². The van der Waals surface area contributed by atoms with Crippen LogP contribution in [0.3, 0.4) is 0 Å². The highest BCUT2D eigenvalue weighted by Crippen LogP contribution is 2.23. The Hall–Kier alpha value is -2.18. The summed E-state index contributed by atoms with van der Waals surface area (Å²) in [5.74, 6) is 1.10. The normalized spacial score (nSPS) is 15.2. The molecule has 1 aromatic heterocycles. The maximum atomic E-state index is 12.8. The number of hydrogen-bond acceptors (Lipinski definition) is 5. The van der Waals surface area contributed by atoms with Crippen molar-refractivity contribution in [1.29, 1.82) is 0 Å². The molecule has 1 amide bonds. The molecular weight excluding hydrogens is 350 g/mol. The van der Waals surface area contributed by atoms with E-state index in [-0.39, 0.29) is 5.91 Å². The molecule has 1 aromatic carbocycles. The van der Waals surface area contributed by atoms with E-state index in [1.165, 1.54) is 0 Å². The number of rotatable bonds is 4. The molecule has 1 aliphatic heterocycles. The maximum Gasteiger partial charge on any atom is 0.272 e. The third-order valence-corrected chi connectivity index (χ3v) is 5.02. The largest absolute Gasteiger partial charge is 0.340 e. The summed E-state index contributed by atoms with van der Waals surface area (Å²) >= 11 is 6.18. The predicted molar refractivity (Wildman–Crippen MR) is 104 cm³/mol. The lowest BCUT2D eigenvalue weighted by molar-refractivity contribution is 0.0637. The zero-order chi connectivity index (χ0) is 18.7. The number of halogens is 1. The zero-order valence-corrected chi connectivity index (χ0v) is 16.2. The second-order valence-electron chi connectivity index (χ2n) is 6.50. The van der Waals surface area contributed by atoms with Crippen LogP contribution in [0.2, 0.25) is 5.02 Å². The molecule has 0 bridgehead atoms. The quantitative estimate of drug-likeness (QED) is 0.891. The van der Waals surface area contributed by atoms with E-state index < -0.39 is 0 Å². The first-order valence-corrected chi connectivity index (χ1v) is 9.24. The Morgan fingerprint density at radius 3 is 2.54 bits per heavy atom. The van der Waals surface area contributed by atoms with Crippen LogP contribution in [-0.4, -0.2) is 58.4 Å². The van der Waals surface area contributed by atoms with Crippen molar-refractivity contribution in [2.75, 3.05) is 38.0 Å². The SMILES string of the molecule is CCN1CCN(C(=O)c2cc(Nc3ccc(C)c(Cl)c3)nc(C)n2)CC1. The second kappa shape index (κ2) is 8.01. The summed E-state index contributed by atoms with van der Waals surface area (Å²) < 4.78 is 0. The smallest absolute Gasteiger partial charge is 0.272 e. The number of nitrogens with zero attached hydrogens (tertiary/aromatic N) is 4. The van der Waals surface area contributed by atoms with E-state index in [2.05, 4.69) is 27.1 Å². The van der Waals surface area contributed by atoms with Gasteiger partial charge in [-0.1, -0.05) is 24.6 Å². The number of likely N-dealkylation sites (N-methyl/N-ethyl adjacent to an activating group) is 1. The van der Waals surface area contributed by atoms with E-state index in [1.54, 1.807) is 13.0 Å². The monoisotopic (exact) mass is 373 g/mol. The molecule has 0 aliphatic carbocycles. The van der Waals surface area contributed by atoms with E-state index >= 15 is 0 Å². The summed E-state index contributed by atoms with van der Waals surface area (Å²) in [5.41, 5.74) is 2.26. The summed E-state index contributed by atoms with van der Waals surface area (Å²) in [4.78, 5) is 25.7. The molecular formula is C19H24ClN5O. The fourth-order valence-electron chi connectivity index (χ4n) is 2.99. The third-order valence-electron chi connectivity index (χ3n) is 4.61. The first kappa shape index (κ1) is 18.6. The van der Waals surface area contributed by atoms with Gasteiger partial charge in [0.15, 0.2) is 0 Å². The standard InChI is InChI=1S/C19H24ClN5O/c1-4-24-7-9-25(10-8-24)19(26)17-12-18(22-14(3)21-17)23-15-6-5-13(2)16(20)11-15/h5-6,11-12H,4,7-10H2,1-3H3,(H,21,22,23). The van der Waals surface area contributed by atoms with Crippen LogP contribution in [0.4, 0.5) is 11.5 Å². The van der Waals surface area contributed by atoms with Gasteiger partial charge in [0.2, 0.25) is 0 Å². The van der Waals surface area contributed by atoms with Crippen LogP contribution in [0.15, 0.2) is 24.3 Å². The van der Waals surface area contributed by atoms with Crippen molar-refractivity contribution in [3.05, 3.63) is 46.4 Å². The summed E-state index contributed by atoms with van der Waals surface area (Å²) in [6.45, 7) is 10.2. The van der Waals surface area contributed by atoms with Gasteiger partial charge in [-0.05, 0) is 38.1 Å². The molecule has 7 heteroatoms. The van der Waals surface area contributed by atoms with Crippen LogP contribution < -0.4 is 5.32 Å². The molecule has 0 unspecified atom stereocenters. The van der Waals surface area contributed by atoms with Gasteiger partial charge in [0.1, 0.15) is 17.3 Å². The Morgan fingerprint density at radius 1 is 1.15 bits per heavy atom. The molecule has 3 rings (SSSR count). The number of nitrogens with one attached hydrogen (secondary N) is 1. The fourth-order valence-corrected chi connectivity index (χ4v) is 3.17. The maximum absolute atomic E-state index is 12.8. The van der Waals surface area contributed by atoms with Gasteiger partial charge >= 0.3 is 0 Å². The first-order chi connectivity index (χ1) is 12.5. The van der Waals surface area contributed by atoms with E-state index in [0.29, 0.717) is 22.4 Å². The van der Waals surface area contributed by atoms with Crippen molar-refractivity contribution in [3.63, 3.8) is 0 Å². The van der Waals surface area contributed by atoms with Crippen LogP contribution >= 0.6 is 11.6 Å². The molecule has 0 saturated carbocycles. The third kappa shape index (κ3) is 4.31. The van der Waals surface area contributed by atoms with Crippen molar-refractivity contribution in [1.82, 2.24) is 19.8 Å². The molecule has 6 nitrogen and oxygen atoms in total. The summed E-state index contributed by atoms with van der Waals surface area (Å²) in [7, 11) is 0. The second-order valence-corrected chi connectivity index (χ2v) is 6.91. The Morgan fingerprint density at radius 2 is 1.88 bits per heavy atom. The number of hydrogen-bond donors (Lipinski definition) is 1. The first-order valence-electron chi connectivity index (χ1n) is 8.86. The fraction of sp³-hybridized carbons (Fsp3) is 0.421. The van der Waals surface area contributed by atoms with Gasteiger partial charge in [0.05, 0.1) is 0 Å². The number of aryl methyl sites for hydroxylation is 2. The number of carbonyl (C=O) groups is 1. The molecule has 1 fully saturated rings. The Labute approximate surface area is 159 Å². The Bertz CT molecular complexity index is 803. The van der Waals surface area contributed by atoms with Crippen LogP contribution in [0, 0.1) is 13.8 Å². The lowest BCUT2D eigenvalue weighted by atomic mass is 10.2. The molecule has 26 heavy (non-hydrogen) atoms.